The summed E-state index contributed by atoms with van der Waals surface area (Å²) in [5.74, 6) is -2.86. The normalized spacial score (nSPS) is 20.3. The van der Waals surface area contributed by atoms with Crippen molar-refractivity contribution in [3.8, 4) is 0 Å². The van der Waals surface area contributed by atoms with E-state index in [9.17, 15) is 14.7 Å². The van der Waals surface area contributed by atoms with Gasteiger partial charge < -0.3 is 14.6 Å². The minimum atomic E-state index is -2.33. The second-order valence-electron chi connectivity index (χ2n) is 5.89. The van der Waals surface area contributed by atoms with Crippen LogP contribution in [0.5, 0.6) is 0 Å². The van der Waals surface area contributed by atoms with E-state index in [0.717, 1.165) is 12.8 Å². The summed E-state index contributed by atoms with van der Waals surface area (Å²) in [6.07, 6.45) is 1.48. The summed E-state index contributed by atoms with van der Waals surface area (Å²) >= 11 is 0. The molecule has 19 heavy (non-hydrogen) atoms. The molecule has 6 heteroatoms. The molecule has 1 aliphatic carbocycles. The van der Waals surface area contributed by atoms with Gasteiger partial charge in [-0.05, 0) is 46.5 Å². The lowest BCUT2D eigenvalue weighted by atomic mass is 9.91. The van der Waals surface area contributed by atoms with Crippen LogP contribution in [0.1, 0.15) is 40.5 Å². The van der Waals surface area contributed by atoms with Crippen molar-refractivity contribution in [1.29, 1.82) is 0 Å². The van der Waals surface area contributed by atoms with Gasteiger partial charge in [-0.2, -0.15) is 0 Å². The van der Waals surface area contributed by atoms with Gasteiger partial charge in [0, 0.05) is 0 Å². The Morgan fingerprint density at radius 1 is 1.37 bits per heavy atom. The van der Waals surface area contributed by atoms with E-state index < -0.39 is 29.2 Å². The maximum Gasteiger partial charge on any atom is 0.354 e. The molecule has 0 bridgehead atoms. The molecule has 1 fully saturated rings. The van der Waals surface area contributed by atoms with E-state index in [-0.39, 0.29) is 12.5 Å². The predicted octanol–water partition coefficient (Wildman–Crippen LogP) is 0.565. The summed E-state index contributed by atoms with van der Waals surface area (Å²) < 4.78 is 9.95. The smallest absolute Gasteiger partial charge is 0.354 e. The molecule has 0 radical (unpaired) electrons. The van der Waals surface area contributed by atoms with Crippen molar-refractivity contribution < 1.29 is 24.2 Å². The highest BCUT2D eigenvalue weighted by atomic mass is 16.6. The van der Waals surface area contributed by atoms with Gasteiger partial charge in [-0.1, -0.05) is 0 Å². The lowest BCUT2D eigenvalue weighted by Crippen LogP contribution is -2.59. The first-order chi connectivity index (χ1) is 8.59. The number of hydrogen-bond acceptors (Lipinski definition) is 6. The highest BCUT2D eigenvalue weighted by Gasteiger charge is 2.54. The molecule has 110 valence electrons. The molecule has 1 rings (SSSR count). The summed E-state index contributed by atoms with van der Waals surface area (Å²) in [6, 6.07) is 0. The van der Waals surface area contributed by atoms with E-state index in [2.05, 4.69) is 0 Å². The van der Waals surface area contributed by atoms with Crippen LogP contribution < -0.4 is 5.73 Å². The van der Waals surface area contributed by atoms with Crippen molar-refractivity contribution in [2.24, 2.45) is 17.6 Å². The number of nitrogens with two attached hydrogens (primary N) is 1. The predicted molar refractivity (Wildman–Crippen MR) is 67.8 cm³/mol. The maximum absolute atomic E-state index is 12.1. The van der Waals surface area contributed by atoms with Gasteiger partial charge >= 0.3 is 11.9 Å². The number of ether oxygens (including phenoxy) is 2. The van der Waals surface area contributed by atoms with Crippen LogP contribution in [0.15, 0.2) is 0 Å². The van der Waals surface area contributed by atoms with Crippen LogP contribution in [0.3, 0.4) is 0 Å². The number of esters is 2. The van der Waals surface area contributed by atoms with Crippen LogP contribution in [0.25, 0.3) is 0 Å². The molecule has 2 atom stereocenters. The Morgan fingerprint density at radius 3 is 2.26 bits per heavy atom. The Balaban J connectivity index is 2.88. The molecule has 0 aromatic carbocycles. The van der Waals surface area contributed by atoms with E-state index in [1.165, 1.54) is 0 Å². The second kappa shape index (κ2) is 5.46. The summed E-state index contributed by atoms with van der Waals surface area (Å²) in [5, 5.41) is 10.2. The third kappa shape index (κ3) is 4.18. The quantitative estimate of drug-likeness (QED) is 0.561. The Bertz CT molecular complexity index is 355. The molecule has 0 aromatic heterocycles. The monoisotopic (exact) mass is 273 g/mol. The molecule has 1 saturated carbocycles. The van der Waals surface area contributed by atoms with Gasteiger partial charge in [0.2, 0.25) is 5.72 Å². The fourth-order valence-corrected chi connectivity index (χ4v) is 1.90. The van der Waals surface area contributed by atoms with Crippen LogP contribution in [0.4, 0.5) is 0 Å². The second-order valence-corrected chi connectivity index (χ2v) is 5.89. The van der Waals surface area contributed by atoms with Gasteiger partial charge in [0.1, 0.15) is 11.5 Å². The Hall–Kier alpha value is -1.14. The van der Waals surface area contributed by atoms with Gasteiger partial charge in [-0.15, -0.1) is 0 Å². The highest BCUT2D eigenvalue weighted by Crippen LogP contribution is 2.42. The molecule has 0 amide bonds. The van der Waals surface area contributed by atoms with Gasteiger partial charge in [0.15, 0.2) is 0 Å². The van der Waals surface area contributed by atoms with Crippen molar-refractivity contribution in [3.63, 3.8) is 0 Å². The molecule has 2 unspecified atom stereocenters. The zero-order chi connectivity index (χ0) is 14.8. The minimum absolute atomic E-state index is 0.0873. The molecule has 0 saturated heterocycles. The van der Waals surface area contributed by atoms with E-state index in [1.54, 1.807) is 27.7 Å². The van der Waals surface area contributed by atoms with E-state index >= 15 is 0 Å². The standard InChI is InChI=1S/C13H23NO5/c1-5-18-11(16)13(14,17)9(8-6-7-8)10(15)19-12(2,3)4/h8-9,17H,5-7,14H2,1-4H3. The Labute approximate surface area is 113 Å². The number of hydrogen-bond donors (Lipinski definition) is 2. The van der Waals surface area contributed by atoms with Crippen molar-refractivity contribution in [3.05, 3.63) is 0 Å². The first kappa shape index (κ1) is 15.9. The lowest BCUT2D eigenvalue weighted by Gasteiger charge is -2.31. The SMILES string of the molecule is CCOC(=O)C(N)(O)C(C(=O)OC(C)(C)C)C1CC1. The summed E-state index contributed by atoms with van der Waals surface area (Å²) in [7, 11) is 0. The third-order valence-corrected chi connectivity index (χ3v) is 2.83. The largest absolute Gasteiger partial charge is 0.463 e. The summed E-state index contributed by atoms with van der Waals surface area (Å²) in [5.41, 5.74) is 2.60. The van der Waals surface area contributed by atoms with Gasteiger partial charge in [-0.25, -0.2) is 4.79 Å². The van der Waals surface area contributed by atoms with Crippen LogP contribution in [-0.2, 0) is 19.1 Å². The first-order valence-electron chi connectivity index (χ1n) is 6.51. The van der Waals surface area contributed by atoms with Crippen LogP contribution in [0.2, 0.25) is 0 Å². The number of carbonyl (C=O) groups is 2. The molecule has 0 aromatic rings. The molecular formula is C13H23NO5. The van der Waals surface area contributed by atoms with E-state index in [1.807, 2.05) is 0 Å². The molecule has 0 aliphatic heterocycles. The van der Waals surface area contributed by atoms with Gasteiger partial charge in [0.05, 0.1) is 6.61 Å². The van der Waals surface area contributed by atoms with Gasteiger partial charge in [0.25, 0.3) is 0 Å². The highest BCUT2D eigenvalue weighted by molar-refractivity contribution is 5.87. The molecular weight excluding hydrogens is 250 g/mol. The van der Waals surface area contributed by atoms with E-state index in [0.29, 0.717) is 0 Å². The van der Waals surface area contributed by atoms with Crippen LogP contribution in [0, 0.1) is 11.8 Å². The van der Waals surface area contributed by atoms with Gasteiger partial charge in [-0.3, -0.25) is 10.5 Å². The average Bonchev–Trinajstić information content (AvgIpc) is 2.99. The maximum atomic E-state index is 12.1. The Morgan fingerprint density at radius 2 is 1.89 bits per heavy atom. The average molecular weight is 273 g/mol. The van der Waals surface area contributed by atoms with Crippen molar-refractivity contribution in [2.75, 3.05) is 6.61 Å². The summed E-state index contributed by atoms with van der Waals surface area (Å²) in [4.78, 5) is 23.8. The lowest BCUT2D eigenvalue weighted by molar-refractivity contribution is -0.187. The fourth-order valence-electron chi connectivity index (χ4n) is 1.90. The number of aliphatic hydroxyl groups is 1. The molecule has 1 aliphatic rings. The summed E-state index contributed by atoms with van der Waals surface area (Å²) in [6.45, 7) is 6.84. The zero-order valence-corrected chi connectivity index (χ0v) is 11.9. The van der Waals surface area contributed by atoms with Crippen molar-refractivity contribution in [1.82, 2.24) is 0 Å². The number of rotatable bonds is 5. The molecule has 6 nitrogen and oxygen atoms in total. The minimum Gasteiger partial charge on any atom is -0.463 e. The molecule has 0 heterocycles. The molecule has 3 N–H and O–H groups in total. The fraction of sp³-hybridized carbons (Fsp3) is 0.846. The van der Waals surface area contributed by atoms with Crippen molar-refractivity contribution >= 4 is 11.9 Å². The van der Waals surface area contributed by atoms with E-state index in [4.69, 9.17) is 15.2 Å². The van der Waals surface area contributed by atoms with Crippen molar-refractivity contribution in [2.45, 2.75) is 51.9 Å². The number of carbonyl (C=O) groups excluding carboxylic acids is 2. The first-order valence-corrected chi connectivity index (χ1v) is 6.51. The van der Waals surface area contributed by atoms with Crippen LogP contribution in [-0.4, -0.2) is 35.0 Å². The third-order valence-electron chi connectivity index (χ3n) is 2.83. The zero-order valence-electron chi connectivity index (χ0n) is 11.9. The van der Waals surface area contributed by atoms with Crippen LogP contribution >= 0.6 is 0 Å². The molecule has 0 spiro atoms. The topological polar surface area (TPSA) is 98.9 Å². The Kier molecular flexibility index (Phi) is 4.58.